The SMILES string of the molecule is Nc1ccncc1C(=O)N1CCN2CCC[C@H]2C1. The molecule has 2 fully saturated rings. The van der Waals surface area contributed by atoms with Crippen molar-refractivity contribution in [2.75, 3.05) is 31.9 Å². The number of carbonyl (C=O) groups is 1. The fourth-order valence-electron chi connectivity index (χ4n) is 2.93. The molecular weight excluding hydrogens is 228 g/mol. The summed E-state index contributed by atoms with van der Waals surface area (Å²) in [5.74, 6) is 0.0205. The average molecular weight is 246 g/mol. The summed E-state index contributed by atoms with van der Waals surface area (Å²) in [6, 6.07) is 2.22. The minimum absolute atomic E-state index is 0.0205. The smallest absolute Gasteiger partial charge is 0.257 e. The number of carbonyl (C=O) groups excluding carboxylic acids is 1. The Bertz CT molecular complexity index is 462. The molecule has 2 N–H and O–H groups in total. The van der Waals surface area contributed by atoms with Gasteiger partial charge in [-0.3, -0.25) is 14.7 Å². The highest BCUT2D eigenvalue weighted by Crippen LogP contribution is 2.23. The summed E-state index contributed by atoms with van der Waals surface area (Å²) in [6.07, 6.45) is 5.63. The molecule has 0 spiro atoms. The Labute approximate surface area is 107 Å². The minimum Gasteiger partial charge on any atom is -0.398 e. The zero-order valence-corrected chi connectivity index (χ0v) is 10.4. The number of rotatable bonds is 1. The van der Waals surface area contributed by atoms with Gasteiger partial charge in [-0.2, -0.15) is 0 Å². The first-order valence-corrected chi connectivity index (χ1v) is 6.48. The van der Waals surface area contributed by atoms with E-state index in [1.54, 1.807) is 18.5 Å². The van der Waals surface area contributed by atoms with Gasteiger partial charge in [0.25, 0.3) is 5.91 Å². The Morgan fingerprint density at radius 3 is 3.11 bits per heavy atom. The normalized spacial score (nSPS) is 24.0. The molecule has 0 bridgehead atoms. The summed E-state index contributed by atoms with van der Waals surface area (Å²) in [7, 11) is 0. The van der Waals surface area contributed by atoms with Gasteiger partial charge < -0.3 is 10.6 Å². The van der Waals surface area contributed by atoms with Gasteiger partial charge in [0.15, 0.2) is 0 Å². The van der Waals surface area contributed by atoms with E-state index in [1.165, 1.54) is 19.4 Å². The zero-order chi connectivity index (χ0) is 12.5. The van der Waals surface area contributed by atoms with Gasteiger partial charge in [0.05, 0.1) is 5.56 Å². The Morgan fingerprint density at radius 1 is 1.39 bits per heavy atom. The zero-order valence-electron chi connectivity index (χ0n) is 10.4. The van der Waals surface area contributed by atoms with Gasteiger partial charge in [0.2, 0.25) is 0 Å². The number of hydrogen-bond donors (Lipinski definition) is 1. The lowest BCUT2D eigenvalue weighted by Gasteiger charge is -2.37. The first-order chi connectivity index (χ1) is 8.75. The van der Waals surface area contributed by atoms with Crippen LogP contribution < -0.4 is 5.73 Å². The molecule has 2 saturated heterocycles. The molecule has 0 aliphatic carbocycles. The molecule has 1 aromatic rings. The lowest BCUT2D eigenvalue weighted by Crippen LogP contribution is -2.52. The number of hydrogen-bond acceptors (Lipinski definition) is 4. The molecule has 18 heavy (non-hydrogen) atoms. The van der Waals surface area contributed by atoms with Crippen LogP contribution in [-0.2, 0) is 0 Å². The summed E-state index contributed by atoms with van der Waals surface area (Å²) in [5, 5.41) is 0. The maximum absolute atomic E-state index is 12.4. The van der Waals surface area contributed by atoms with Crippen molar-refractivity contribution in [1.29, 1.82) is 0 Å². The highest BCUT2D eigenvalue weighted by atomic mass is 16.2. The molecule has 0 unspecified atom stereocenters. The third kappa shape index (κ3) is 1.95. The van der Waals surface area contributed by atoms with Crippen LogP contribution in [0.15, 0.2) is 18.5 Å². The molecule has 1 aromatic heterocycles. The lowest BCUT2D eigenvalue weighted by atomic mass is 10.1. The van der Waals surface area contributed by atoms with Crippen molar-refractivity contribution in [2.24, 2.45) is 0 Å². The summed E-state index contributed by atoms with van der Waals surface area (Å²) in [4.78, 5) is 20.8. The van der Waals surface area contributed by atoms with Crippen LogP contribution in [0.5, 0.6) is 0 Å². The Balaban J connectivity index is 1.75. The van der Waals surface area contributed by atoms with Crippen LogP contribution in [0.4, 0.5) is 5.69 Å². The molecule has 5 nitrogen and oxygen atoms in total. The number of anilines is 1. The van der Waals surface area contributed by atoms with Gasteiger partial charge >= 0.3 is 0 Å². The van der Waals surface area contributed by atoms with Crippen molar-refractivity contribution in [2.45, 2.75) is 18.9 Å². The molecule has 1 atom stereocenters. The third-order valence-electron chi connectivity index (χ3n) is 3.96. The number of nitrogens with two attached hydrogens (primary N) is 1. The van der Waals surface area contributed by atoms with Crippen LogP contribution in [0.1, 0.15) is 23.2 Å². The fraction of sp³-hybridized carbons (Fsp3) is 0.538. The second-order valence-corrected chi connectivity index (χ2v) is 5.05. The quantitative estimate of drug-likeness (QED) is 0.787. The van der Waals surface area contributed by atoms with Gasteiger partial charge in [-0.1, -0.05) is 0 Å². The second kappa shape index (κ2) is 4.57. The molecule has 1 amide bonds. The maximum Gasteiger partial charge on any atom is 0.257 e. The van der Waals surface area contributed by atoms with Gasteiger partial charge in [0, 0.05) is 43.8 Å². The summed E-state index contributed by atoms with van der Waals surface area (Å²) < 4.78 is 0. The van der Waals surface area contributed by atoms with Crippen molar-refractivity contribution in [1.82, 2.24) is 14.8 Å². The Kier molecular flexibility index (Phi) is 2.91. The van der Waals surface area contributed by atoms with Gasteiger partial charge in [-0.15, -0.1) is 0 Å². The average Bonchev–Trinajstić information content (AvgIpc) is 2.85. The molecule has 2 aliphatic rings. The van der Waals surface area contributed by atoms with E-state index in [0.717, 1.165) is 19.6 Å². The van der Waals surface area contributed by atoms with E-state index in [0.29, 0.717) is 17.3 Å². The van der Waals surface area contributed by atoms with E-state index in [1.807, 2.05) is 4.90 Å². The lowest BCUT2D eigenvalue weighted by molar-refractivity contribution is 0.0572. The van der Waals surface area contributed by atoms with E-state index >= 15 is 0 Å². The van der Waals surface area contributed by atoms with Crippen LogP contribution in [0, 0.1) is 0 Å². The number of piperazine rings is 1. The van der Waals surface area contributed by atoms with Gasteiger partial charge in [-0.05, 0) is 25.5 Å². The van der Waals surface area contributed by atoms with Crippen molar-refractivity contribution in [3.63, 3.8) is 0 Å². The van der Waals surface area contributed by atoms with E-state index in [-0.39, 0.29) is 5.91 Å². The Hall–Kier alpha value is -1.62. The summed E-state index contributed by atoms with van der Waals surface area (Å²) in [5.41, 5.74) is 6.89. The van der Waals surface area contributed by atoms with Crippen LogP contribution >= 0.6 is 0 Å². The topological polar surface area (TPSA) is 62.5 Å². The first kappa shape index (κ1) is 11.5. The molecule has 0 radical (unpaired) electrons. The molecular formula is C13H18N4O. The van der Waals surface area contributed by atoms with E-state index in [9.17, 15) is 4.79 Å². The molecule has 96 valence electrons. The van der Waals surface area contributed by atoms with Gasteiger partial charge in [-0.25, -0.2) is 0 Å². The third-order valence-corrected chi connectivity index (χ3v) is 3.96. The number of pyridine rings is 1. The van der Waals surface area contributed by atoms with Crippen LogP contribution in [0.2, 0.25) is 0 Å². The van der Waals surface area contributed by atoms with Crippen molar-refractivity contribution in [3.8, 4) is 0 Å². The summed E-state index contributed by atoms with van der Waals surface area (Å²) in [6.45, 7) is 3.79. The largest absolute Gasteiger partial charge is 0.398 e. The number of amides is 1. The molecule has 2 aliphatic heterocycles. The molecule has 5 heteroatoms. The molecule has 0 aromatic carbocycles. The fourth-order valence-corrected chi connectivity index (χ4v) is 2.93. The first-order valence-electron chi connectivity index (χ1n) is 6.48. The number of aromatic nitrogens is 1. The van der Waals surface area contributed by atoms with Crippen molar-refractivity contribution < 1.29 is 4.79 Å². The molecule has 3 rings (SSSR count). The second-order valence-electron chi connectivity index (χ2n) is 5.05. The van der Waals surface area contributed by atoms with Crippen LogP contribution in [-0.4, -0.2) is 52.9 Å². The monoisotopic (exact) mass is 246 g/mol. The molecule has 3 heterocycles. The maximum atomic E-state index is 12.4. The number of nitrogens with zero attached hydrogens (tertiary/aromatic N) is 3. The highest BCUT2D eigenvalue weighted by Gasteiger charge is 2.33. The van der Waals surface area contributed by atoms with Crippen molar-refractivity contribution in [3.05, 3.63) is 24.0 Å². The highest BCUT2D eigenvalue weighted by molar-refractivity contribution is 5.98. The van der Waals surface area contributed by atoms with E-state index in [4.69, 9.17) is 5.73 Å². The number of nitrogen functional groups attached to an aromatic ring is 1. The molecule has 0 saturated carbocycles. The van der Waals surface area contributed by atoms with E-state index < -0.39 is 0 Å². The van der Waals surface area contributed by atoms with Crippen molar-refractivity contribution >= 4 is 11.6 Å². The Morgan fingerprint density at radius 2 is 2.28 bits per heavy atom. The van der Waals surface area contributed by atoms with Gasteiger partial charge in [0.1, 0.15) is 0 Å². The van der Waals surface area contributed by atoms with E-state index in [2.05, 4.69) is 9.88 Å². The predicted octanol–water partition coefficient (Wildman–Crippen LogP) is 0.584. The number of fused-ring (bicyclic) bond motifs is 1. The van der Waals surface area contributed by atoms with Crippen LogP contribution in [0.25, 0.3) is 0 Å². The standard InChI is InChI=1S/C13H18N4O/c14-12-3-4-15-8-11(12)13(18)17-7-6-16-5-1-2-10(16)9-17/h3-4,8,10H,1-2,5-7,9H2,(H2,14,15)/t10-/m0/s1. The predicted molar refractivity (Wildman–Crippen MR) is 69.1 cm³/mol. The minimum atomic E-state index is 0.0205. The summed E-state index contributed by atoms with van der Waals surface area (Å²) >= 11 is 0. The van der Waals surface area contributed by atoms with Crippen LogP contribution in [0.3, 0.4) is 0 Å².